The van der Waals surface area contributed by atoms with Gasteiger partial charge < -0.3 is 5.32 Å². The smallest absolute Gasteiger partial charge is 0.261 e. The molecule has 3 aromatic carbocycles. The molecule has 1 aromatic heterocycles. The first-order valence-electron chi connectivity index (χ1n) is 9.98. The average Bonchev–Trinajstić information content (AvgIpc) is 3.22. The fraction of sp³-hybridized carbons (Fsp3) is 0.0833. The van der Waals surface area contributed by atoms with Crippen LogP contribution in [0.15, 0.2) is 83.1 Å². The minimum absolute atomic E-state index is 0.0386. The van der Waals surface area contributed by atoms with Crippen molar-refractivity contribution in [2.24, 2.45) is 0 Å². The molecule has 0 fully saturated rings. The summed E-state index contributed by atoms with van der Waals surface area (Å²) in [6.07, 6.45) is 0.137. The number of thiazole rings is 1. The topological polar surface area (TPSA) is 88.2 Å². The second-order valence-corrected chi connectivity index (χ2v) is 10.1. The standard InChI is InChI=1S/C24H20FN3O3S2/c1-16-26-23(15-32-16)18-4-10-20(11-5-18)27-24(29)14-17-2-8-21(9-3-17)28-33(30,31)22-12-6-19(25)7-13-22/h2-13,15,28H,14H2,1H3,(H,27,29). The van der Waals surface area contributed by atoms with Gasteiger partial charge in [-0.2, -0.15) is 0 Å². The summed E-state index contributed by atoms with van der Waals surface area (Å²) >= 11 is 1.59. The number of benzene rings is 3. The van der Waals surface area contributed by atoms with Crippen LogP contribution in [0.3, 0.4) is 0 Å². The monoisotopic (exact) mass is 481 g/mol. The van der Waals surface area contributed by atoms with Crippen molar-refractivity contribution in [1.29, 1.82) is 0 Å². The van der Waals surface area contributed by atoms with Gasteiger partial charge in [0.25, 0.3) is 10.0 Å². The van der Waals surface area contributed by atoms with Gasteiger partial charge in [-0.05, 0) is 61.0 Å². The van der Waals surface area contributed by atoms with Gasteiger partial charge in [0.05, 0.1) is 22.0 Å². The first kappa shape index (κ1) is 22.6. The van der Waals surface area contributed by atoms with Crippen molar-refractivity contribution >= 4 is 38.6 Å². The lowest BCUT2D eigenvalue weighted by atomic mass is 10.1. The highest BCUT2D eigenvalue weighted by Crippen LogP contribution is 2.23. The van der Waals surface area contributed by atoms with E-state index >= 15 is 0 Å². The van der Waals surface area contributed by atoms with E-state index in [9.17, 15) is 17.6 Å². The summed E-state index contributed by atoms with van der Waals surface area (Å²) in [5, 5.41) is 5.84. The fourth-order valence-corrected chi connectivity index (χ4v) is 4.81. The summed E-state index contributed by atoms with van der Waals surface area (Å²) in [6.45, 7) is 1.95. The molecule has 0 aliphatic carbocycles. The molecule has 0 unspecified atom stereocenters. The summed E-state index contributed by atoms with van der Waals surface area (Å²) in [5.41, 5.74) is 3.64. The van der Waals surface area contributed by atoms with Crippen molar-refractivity contribution in [1.82, 2.24) is 4.98 Å². The minimum atomic E-state index is -3.83. The van der Waals surface area contributed by atoms with Gasteiger partial charge in [-0.15, -0.1) is 11.3 Å². The highest BCUT2D eigenvalue weighted by molar-refractivity contribution is 7.92. The van der Waals surface area contributed by atoms with Crippen molar-refractivity contribution in [2.75, 3.05) is 10.0 Å². The van der Waals surface area contributed by atoms with E-state index in [4.69, 9.17) is 0 Å². The molecule has 2 N–H and O–H groups in total. The van der Waals surface area contributed by atoms with E-state index in [1.165, 1.54) is 12.1 Å². The zero-order valence-corrected chi connectivity index (χ0v) is 19.2. The summed E-state index contributed by atoms with van der Waals surface area (Å²) in [6, 6.07) is 18.5. The van der Waals surface area contributed by atoms with Crippen molar-refractivity contribution in [2.45, 2.75) is 18.2 Å². The SMILES string of the molecule is Cc1nc(-c2ccc(NC(=O)Cc3ccc(NS(=O)(=O)c4ccc(F)cc4)cc3)cc2)cs1. The molecule has 0 saturated heterocycles. The van der Waals surface area contributed by atoms with Crippen LogP contribution in [0.1, 0.15) is 10.6 Å². The van der Waals surface area contributed by atoms with Gasteiger partial charge in [0.1, 0.15) is 5.82 Å². The Hall–Kier alpha value is -3.56. The van der Waals surface area contributed by atoms with Crippen LogP contribution in [0.4, 0.5) is 15.8 Å². The number of aryl methyl sites for hydroxylation is 1. The average molecular weight is 482 g/mol. The van der Waals surface area contributed by atoms with E-state index < -0.39 is 15.8 Å². The molecule has 168 valence electrons. The highest BCUT2D eigenvalue weighted by Gasteiger charge is 2.14. The quantitative estimate of drug-likeness (QED) is 0.378. The number of amides is 1. The number of hydrogen-bond acceptors (Lipinski definition) is 5. The number of hydrogen-bond donors (Lipinski definition) is 2. The molecule has 4 rings (SSSR count). The zero-order chi connectivity index (χ0) is 23.4. The molecule has 0 atom stereocenters. The molecule has 1 amide bonds. The van der Waals surface area contributed by atoms with Crippen LogP contribution >= 0.6 is 11.3 Å². The first-order chi connectivity index (χ1) is 15.8. The van der Waals surface area contributed by atoms with Gasteiger partial charge in [-0.1, -0.05) is 24.3 Å². The van der Waals surface area contributed by atoms with Gasteiger partial charge in [0, 0.05) is 22.3 Å². The van der Waals surface area contributed by atoms with Crippen LogP contribution in [0, 0.1) is 12.7 Å². The Morgan fingerprint density at radius 3 is 2.18 bits per heavy atom. The minimum Gasteiger partial charge on any atom is -0.326 e. The molecule has 6 nitrogen and oxygen atoms in total. The lowest BCUT2D eigenvalue weighted by Crippen LogP contribution is -2.15. The maximum atomic E-state index is 13.0. The Balaban J connectivity index is 1.34. The van der Waals surface area contributed by atoms with Crippen LogP contribution in [0.5, 0.6) is 0 Å². The van der Waals surface area contributed by atoms with Crippen LogP contribution in [0.25, 0.3) is 11.3 Å². The fourth-order valence-electron chi connectivity index (χ4n) is 3.13. The number of halogens is 1. The second kappa shape index (κ2) is 9.51. The van der Waals surface area contributed by atoms with Gasteiger partial charge in [-0.3, -0.25) is 9.52 Å². The number of nitrogens with one attached hydrogen (secondary N) is 2. The molecule has 0 radical (unpaired) electrons. The van der Waals surface area contributed by atoms with Crippen molar-refractivity contribution < 1.29 is 17.6 Å². The number of aromatic nitrogens is 1. The molecule has 0 spiro atoms. The van der Waals surface area contributed by atoms with Crippen molar-refractivity contribution in [3.8, 4) is 11.3 Å². The van der Waals surface area contributed by atoms with Gasteiger partial charge in [0.15, 0.2) is 0 Å². The van der Waals surface area contributed by atoms with E-state index in [2.05, 4.69) is 15.0 Å². The molecule has 0 aliphatic heterocycles. The van der Waals surface area contributed by atoms with E-state index in [0.29, 0.717) is 11.4 Å². The normalized spacial score (nSPS) is 11.2. The largest absolute Gasteiger partial charge is 0.326 e. The third-order valence-corrected chi connectivity index (χ3v) is 6.95. The predicted molar refractivity (Wildman–Crippen MR) is 128 cm³/mol. The van der Waals surface area contributed by atoms with E-state index in [1.807, 2.05) is 36.6 Å². The number of anilines is 2. The van der Waals surface area contributed by atoms with E-state index in [0.717, 1.165) is 34.0 Å². The zero-order valence-electron chi connectivity index (χ0n) is 17.6. The summed E-state index contributed by atoms with van der Waals surface area (Å²) in [7, 11) is -3.83. The van der Waals surface area contributed by atoms with Crippen LogP contribution < -0.4 is 10.0 Å². The van der Waals surface area contributed by atoms with E-state index in [-0.39, 0.29) is 17.2 Å². The molecular formula is C24H20FN3O3S2. The molecule has 0 saturated carbocycles. The van der Waals surface area contributed by atoms with Gasteiger partial charge >= 0.3 is 0 Å². The molecule has 33 heavy (non-hydrogen) atoms. The first-order valence-corrected chi connectivity index (χ1v) is 12.3. The van der Waals surface area contributed by atoms with Crippen molar-refractivity contribution in [3.05, 3.63) is 94.6 Å². The number of nitrogens with zero attached hydrogens (tertiary/aromatic N) is 1. The van der Waals surface area contributed by atoms with Crippen LogP contribution in [0.2, 0.25) is 0 Å². The van der Waals surface area contributed by atoms with Gasteiger partial charge in [-0.25, -0.2) is 17.8 Å². The number of sulfonamides is 1. The molecule has 1 heterocycles. The molecule has 4 aromatic rings. The van der Waals surface area contributed by atoms with Crippen LogP contribution in [-0.2, 0) is 21.2 Å². The molecule has 0 bridgehead atoms. The summed E-state index contributed by atoms with van der Waals surface area (Å²) in [5.74, 6) is -0.700. The number of rotatable bonds is 7. The Morgan fingerprint density at radius 2 is 1.58 bits per heavy atom. The Kier molecular flexibility index (Phi) is 6.52. The third-order valence-electron chi connectivity index (χ3n) is 4.78. The number of carbonyl (C=O) groups is 1. The predicted octanol–water partition coefficient (Wildman–Crippen LogP) is 5.24. The van der Waals surface area contributed by atoms with Crippen LogP contribution in [-0.4, -0.2) is 19.3 Å². The van der Waals surface area contributed by atoms with Gasteiger partial charge in [0.2, 0.25) is 5.91 Å². The summed E-state index contributed by atoms with van der Waals surface area (Å²) in [4.78, 5) is 16.8. The third kappa shape index (κ3) is 5.82. The van der Waals surface area contributed by atoms with E-state index in [1.54, 1.807) is 35.6 Å². The Morgan fingerprint density at radius 1 is 0.939 bits per heavy atom. The molecule has 0 aliphatic rings. The Labute approximate surface area is 195 Å². The Bertz CT molecular complexity index is 1370. The highest BCUT2D eigenvalue weighted by atomic mass is 32.2. The lowest BCUT2D eigenvalue weighted by molar-refractivity contribution is -0.115. The number of carbonyl (C=O) groups excluding carboxylic acids is 1. The molecular weight excluding hydrogens is 461 g/mol. The van der Waals surface area contributed by atoms with Crippen molar-refractivity contribution in [3.63, 3.8) is 0 Å². The maximum Gasteiger partial charge on any atom is 0.261 e. The lowest BCUT2D eigenvalue weighted by Gasteiger charge is -2.09. The maximum absolute atomic E-state index is 13.0. The molecule has 9 heteroatoms. The summed E-state index contributed by atoms with van der Waals surface area (Å²) < 4.78 is 40.3. The second-order valence-electron chi connectivity index (χ2n) is 7.31.